The van der Waals surface area contributed by atoms with Crippen LogP contribution in [0.15, 0.2) is 48.6 Å². The van der Waals surface area contributed by atoms with Crippen molar-refractivity contribution in [2.75, 3.05) is 0 Å². The van der Waals surface area contributed by atoms with Crippen LogP contribution in [-0.2, 0) is 33.3 Å². The number of carbonyl (C=O) groups is 4. The lowest BCUT2D eigenvalue weighted by Crippen LogP contribution is -2.46. The highest BCUT2D eigenvalue weighted by molar-refractivity contribution is 5.92. The molecule has 8 atom stereocenters. The van der Waals surface area contributed by atoms with Crippen LogP contribution >= 0.6 is 0 Å². The molecule has 0 aromatic carbocycles. The van der Waals surface area contributed by atoms with Crippen molar-refractivity contribution in [2.45, 2.75) is 97.7 Å². The number of hydrogen-bond acceptors (Lipinski definition) is 9. The minimum Gasteiger partial charge on any atom is -0.457 e. The quantitative estimate of drug-likeness (QED) is 0.343. The Labute approximate surface area is 246 Å². The fraction of sp³-hybridized carbons (Fsp3) is 0.567. The summed E-state index contributed by atoms with van der Waals surface area (Å²) in [5.74, 6) is -1.47. The molecule has 230 valence electrons. The molecule has 3 aliphatic rings. The van der Waals surface area contributed by atoms with Gasteiger partial charge >= 0.3 is 18.2 Å². The number of hydrogen-bond donors (Lipinski definition) is 2. The fourth-order valence-corrected chi connectivity index (χ4v) is 5.53. The first kappa shape index (κ1) is 32.7. The summed E-state index contributed by atoms with van der Waals surface area (Å²) in [6, 6.07) is 3.35. The second-order valence-electron chi connectivity index (χ2n) is 10.8. The molecule has 0 unspecified atom stereocenters. The van der Waals surface area contributed by atoms with E-state index in [-0.39, 0.29) is 48.2 Å². The van der Waals surface area contributed by atoms with E-state index in [2.05, 4.69) is 0 Å². The number of allylic oxidation sites excluding steroid dienone is 1. The molecule has 1 aromatic rings. The molecule has 4 rings (SSSR count). The van der Waals surface area contributed by atoms with E-state index in [1.807, 2.05) is 40.0 Å². The summed E-state index contributed by atoms with van der Waals surface area (Å²) in [6.45, 7) is 10.8. The van der Waals surface area contributed by atoms with Crippen LogP contribution in [0.1, 0.15) is 77.4 Å². The number of aromatic nitrogens is 1. The number of esters is 2. The summed E-state index contributed by atoms with van der Waals surface area (Å²) in [6.07, 6.45) is 9.28. The lowest BCUT2D eigenvalue weighted by Gasteiger charge is -2.30. The second-order valence-corrected chi connectivity index (χ2v) is 10.8. The number of ether oxygens (including phenoxy) is 4. The highest BCUT2D eigenvalue weighted by atomic mass is 16.6. The van der Waals surface area contributed by atoms with Gasteiger partial charge in [-0.05, 0) is 25.3 Å². The van der Waals surface area contributed by atoms with E-state index in [1.54, 1.807) is 40.2 Å². The number of nitrogens with zero attached hydrogens (tertiary/aromatic N) is 2. The first-order chi connectivity index (χ1) is 19.9. The number of carbonyl (C=O) groups excluding carboxylic acids is 4. The van der Waals surface area contributed by atoms with E-state index in [1.165, 1.54) is 13.8 Å². The third-order valence-electron chi connectivity index (χ3n) is 7.74. The number of primary amides is 2. The summed E-state index contributed by atoms with van der Waals surface area (Å²) < 4.78 is 24.6. The Morgan fingerprint density at radius 3 is 2.12 bits per heavy atom. The van der Waals surface area contributed by atoms with Gasteiger partial charge < -0.3 is 35.3 Å². The van der Waals surface area contributed by atoms with Gasteiger partial charge in [-0.1, -0.05) is 33.8 Å². The highest BCUT2D eigenvalue weighted by Crippen LogP contribution is 2.35. The summed E-state index contributed by atoms with van der Waals surface area (Å²) in [5.41, 5.74) is 11.5. The Balaban J connectivity index is 0.000000230. The van der Waals surface area contributed by atoms with Gasteiger partial charge in [-0.15, -0.1) is 0 Å². The summed E-state index contributed by atoms with van der Waals surface area (Å²) in [7, 11) is 0. The van der Waals surface area contributed by atoms with Crippen LogP contribution < -0.4 is 16.0 Å². The third-order valence-corrected chi connectivity index (χ3v) is 7.74. The van der Waals surface area contributed by atoms with Gasteiger partial charge in [0, 0.05) is 49.7 Å². The van der Waals surface area contributed by atoms with Crippen molar-refractivity contribution in [3.8, 4) is 0 Å². The lowest BCUT2D eigenvalue weighted by atomic mass is 9.98. The molecule has 0 aliphatic carbocycles. The van der Waals surface area contributed by atoms with Crippen LogP contribution in [0, 0.1) is 11.8 Å². The van der Waals surface area contributed by atoms with Crippen molar-refractivity contribution in [3.05, 3.63) is 54.1 Å². The smallest absolute Gasteiger partial charge is 0.303 e. The number of pyridine rings is 1. The molecule has 0 radical (unpaired) electrons. The summed E-state index contributed by atoms with van der Waals surface area (Å²) in [4.78, 5) is 47.1. The molecule has 2 fully saturated rings. The Kier molecular flexibility index (Phi) is 11.2. The van der Waals surface area contributed by atoms with Gasteiger partial charge in [0.1, 0.15) is 5.56 Å². The molecule has 0 spiro atoms. The molecule has 3 aliphatic heterocycles. The minimum absolute atomic E-state index is 0.00378. The van der Waals surface area contributed by atoms with Crippen molar-refractivity contribution >= 4 is 23.8 Å². The van der Waals surface area contributed by atoms with Gasteiger partial charge in [0.25, 0.3) is 5.91 Å². The van der Waals surface area contributed by atoms with E-state index in [0.29, 0.717) is 17.6 Å². The molecular weight excluding hydrogens is 544 g/mol. The van der Waals surface area contributed by atoms with Gasteiger partial charge in [-0.25, -0.2) is 0 Å². The molecule has 2 amide bonds. The predicted octanol–water partition coefficient (Wildman–Crippen LogP) is 2.23. The number of amides is 2. The van der Waals surface area contributed by atoms with Gasteiger partial charge in [0.2, 0.25) is 5.91 Å². The van der Waals surface area contributed by atoms with Crippen molar-refractivity contribution in [3.63, 3.8) is 0 Å². The van der Waals surface area contributed by atoms with Crippen LogP contribution in [0.25, 0.3) is 0 Å². The monoisotopic (exact) mass is 587 g/mol. The van der Waals surface area contributed by atoms with E-state index < -0.39 is 24.3 Å². The average molecular weight is 588 g/mol. The normalized spacial score (nSPS) is 30.1. The minimum atomic E-state index is -0.508. The second kappa shape index (κ2) is 14.4. The molecule has 12 nitrogen and oxygen atoms in total. The SMILES string of the molecule is CC[C@H]1O[C@@H](N2C=CCC(C(N)=O)=C2)[C@H](OC(C)=O)[C@@H]1C.CC[C@H]1O[C@@H]([n+]2cccc(C(N)=O)c2)[C@H](OC(C)=O)[C@@H]1C. The zero-order valence-corrected chi connectivity index (χ0v) is 25.1. The predicted molar refractivity (Wildman–Crippen MR) is 151 cm³/mol. The Bertz CT molecular complexity index is 1220. The van der Waals surface area contributed by atoms with E-state index in [9.17, 15) is 19.2 Å². The molecule has 12 heteroatoms. The zero-order valence-electron chi connectivity index (χ0n) is 25.1. The van der Waals surface area contributed by atoms with Crippen LogP contribution in [-0.4, -0.2) is 59.3 Å². The summed E-state index contributed by atoms with van der Waals surface area (Å²) in [5, 5.41) is 0. The lowest BCUT2D eigenvalue weighted by molar-refractivity contribution is -0.765. The van der Waals surface area contributed by atoms with Crippen LogP contribution in [0.4, 0.5) is 0 Å². The topological polar surface area (TPSA) is 164 Å². The molecular formula is C30H43N4O8+. The van der Waals surface area contributed by atoms with Crippen LogP contribution in [0.2, 0.25) is 0 Å². The van der Waals surface area contributed by atoms with E-state index in [4.69, 9.17) is 30.4 Å². The molecule has 4 N–H and O–H groups in total. The first-order valence-corrected chi connectivity index (χ1v) is 14.3. The molecule has 0 bridgehead atoms. The molecule has 4 heterocycles. The Morgan fingerprint density at radius 1 is 0.952 bits per heavy atom. The van der Waals surface area contributed by atoms with Crippen molar-refractivity contribution in [1.82, 2.24) is 4.90 Å². The van der Waals surface area contributed by atoms with Gasteiger partial charge in [0.15, 0.2) is 30.8 Å². The van der Waals surface area contributed by atoms with E-state index >= 15 is 0 Å². The van der Waals surface area contributed by atoms with Crippen molar-refractivity contribution in [1.29, 1.82) is 0 Å². The fourth-order valence-electron chi connectivity index (χ4n) is 5.53. The van der Waals surface area contributed by atoms with Crippen molar-refractivity contribution in [2.24, 2.45) is 23.3 Å². The zero-order chi connectivity index (χ0) is 31.1. The molecule has 2 saturated heterocycles. The molecule has 1 aromatic heterocycles. The van der Waals surface area contributed by atoms with Crippen LogP contribution in [0.3, 0.4) is 0 Å². The summed E-state index contributed by atoms with van der Waals surface area (Å²) >= 11 is 0. The van der Waals surface area contributed by atoms with Gasteiger partial charge in [-0.2, -0.15) is 4.57 Å². The van der Waals surface area contributed by atoms with Gasteiger partial charge in [0.05, 0.1) is 12.2 Å². The maximum Gasteiger partial charge on any atom is 0.303 e. The molecule has 42 heavy (non-hydrogen) atoms. The third kappa shape index (κ3) is 7.74. The first-order valence-electron chi connectivity index (χ1n) is 14.3. The standard InChI is InChI=1S/C15H22N2O4.C15H20N2O4/c2*1-4-12-9(2)13(20-10(3)18)15(21-12)17-7-5-6-11(8-17)14(16)19/h5,7-9,12-13,15H,4,6H2,1-3H3,(H2,16,19);5-9,12-13,15H,4H2,1-3H3,(H-,16,19)/p+1/t2*9-,12-,13-,15-/m11/s1. The average Bonchev–Trinajstić information content (AvgIpc) is 3.44. The largest absolute Gasteiger partial charge is 0.457 e. The maximum atomic E-state index is 11.3. The Hall–Kier alpha value is -3.77. The van der Waals surface area contributed by atoms with Crippen molar-refractivity contribution < 1.29 is 42.7 Å². The Morgan fingerprint density at radius 2 is 1.55 bits per heavy atom. The van der Waals surface area contributed by atoms with Crippen LogP contribution in [0.5, 0.6) is 0 Å². The maximum absolute atomic E-state index is 11.3. The van der Waals surface area contributed by atoms with E-state index in [0.717, 1.165) is 12.8 Å². The number of rotatable bonds is 8. The van der Waals surface area contributed by atoms with Gasteiger partial charge in [-0.3, -0.25) is 19.2 Å². The highest BCUT2D eigenvalue weighted by Gasteiger charge is 2.49. The molecule has 0 saturated carbocycles. The number of nitrogens with two attached hydrogens (primary N) is 2.